The highest BCUT2D eigenvalue weighted by Gasteiger charge is 2.41. The van der Waals surface area contributed by atoms with E-state index in [4.69, 9.17) is 5.11 Å². The molecule has 17 heavy (non-hydrogen) atoms. The van der Waals surface area contributed by atoms with Crippen LogP contribution in [0.25, 0.3) is 0 Å². The van der Waals surface area contributed by atoms with Crippen molar-refractivity contribution in [1.29, 1.82) is 0 Å². The number of carboxylic acid groups (broad SMARTS) is 1. The molecule has 0 heterocycles. The van der Waals surface area contributed by atoms with Crippen LogP contribution < -0.4 is 0 Å². The lowest BCUT2D eigenvalue weighted by Gasteiger charge is -2.27. The zero-order valence-corrected chi connectivity index (χ0v) is 9.58. The summed E-state index contributed by atoms with van der Waals surface area (Å²) in [5.41, 5.74) is -0.994. The molecule has 1 atom stereocenters. The van der Waals surface area contributed by atoms with Crippen LogP contribution in [0.1, 0.15) is 12.8 Å². The first-order chi connectivity index (χ1) is 7.75. The molecule has 0 aromatic rings. The lowest BCUT2D eigenvalue weighted by atomic mass is 9.91. The van der Waals surface area contributed by atoms with Crippen molar-refractivity contribution in [3.63, 3.8) is 0 Å². The number of halogens is 3. The molecule has 6 heteroatoms. The molecule has 0 aliphatic heterocycles. The van der Waals surface area contributed by atoms with Crippen LogP contribution in [0.4, 0.5) is 13.2 Å². The molecule has 0 aromatic carbocycles. The molecule has 3 nitrogen and oxygen atoms in total. The third-order valence-electron chi connectivity index (χ3n) is 2.54. The average Bonchev–Trinajstić information content (AvgIpc) is 2.15. The second-order valence-corrected chi connectivity index (χ2v) is 4.06. The van der Waals surface area contributed by atoms with Crippen LogP contribution in [-0.4, -0.2) is 42.3 Å². The number of hydrogen-bond acceptors (Lipinski definition) is 2. The first-order valence-electron chi connectivity index (χ1n) is 5.12. The topological polar surface area (TPSA) is 40.5 Å². The summed E-state index contributed by atoms with van der Waals surface area (Å²) in [5.74, 6) is -1.28. The largest absolute Gasteiger partial charge is 0.480 e. The smallest absolute Gasteiger partial charge is 0.416 e. The Kier molecular flexibility index (Phi) is 3.98. The van der Waals surface area contributed by atoms with E-state index in [9.17, 15) is 18.0 Å². The van der Waals surface area contributed by atoms with Gasteiger partial charge >= 0.3 is 12.1 Å². The number of alkyl halides is 3. The molecule has 0 amide bonds. The van der Waals surface area contributed by atoms with Gasteiger partial charge in [0.1, 0.15) is 6.04 Å². The summed E-state index contributed by atoms with van der Waals surface area (Å²) >= 11 is 0. The molecule has 1 N–H and O–H groups in total. The van der Waals surface area contributed by atoms with Crippen molar-refractivity contribution in [1.82, 2.24) is 4.90 Å². The normalized spacial score (nSPS) is 18.7. The van der Waals surface area contributed by atoms with Crippen molar-refractivity contribution in [3.05, 3.63) is 23.3 Å². The molecule has 0 saturated heterocycles. The van der Waals surface area contributed by atoms with Gasteiger partial charge in [-0.1, -0.05) is 12.2 Å². The van der Waals surface area contributed by atoms with Crippen LogP contribution in [0, 0.1) is 0 Å². The summed E-state index contributed by atoms with van der Waals surface area (Å²) in [6, 6.07) is -1.26. The summed E-state index contributed by atoms with van der Waals surface area (Å²) in [7, 11) is 2.89. The zero-order chi connectivity index (χ0) is 13.2. The van der Waals surface area contributed by atoms with E-state index in [2.05, 4.69) is 0 Å². The molecule has 0 fully saturated rings. The van der Waals surface area contributed by atoms with Gasteiger partial charge in [0.25, 0.3) is 0 Å². The Hall–Kier alpha value is -1.30. The molecular weight excluding hydrogens is 235 g/mol. The van der Waals surface area contributed by atoms with Gasteiger partial charge in [-0.3, -0.25) is 9.69 Å². The summed E-state index contributed by atoms with van der Waals surface area (Å²) in [4.78, 5) is 12.3. The highest BCUT2D eigenvalue weighted by Crippen LogP contribution is 2.36. The molecule has 1 unspecified atom stereocenters. The lowest BCUT2D eigenvalue weighted by Crippen LogP contribution is -2.40. The minimum Gasteiger partial charge on any atom is -0.480 e. The number of rotatable bonds is 3. The number of nitrogens with zero attached hydrogens (tertiary/aromatic N) is 1. The van der Waals surface area contributed by atoms with Crippen molar-refractivity contribution in [2.45, 2.75) is 25.1 Å². The predicted octanol–water partition coefficient (Wildman–Crippen LogP) is 2.21. The summed E-state index contributed by atoms with van der Waals surface area (Å²) in [6.07, 6.45) is -1.35. The van der Waals surface area contributed by atoms with Gasteiger partial charge in [0, 0.05) is 0 Å². The maximum Gasteiger partial charge on any atom is 0.416 e. The number of carboxylic acids is 1. The van der Waals surface area contributed by atoms with Crippen molar-refractivity contribution < 1.29 is 23.1 Å². The van der Waals surface area contributed by atoms with E-state index in [1.54, 1.807) is 0 Å². The van der Waals surface area contributed by atoms with E-state index < -0.39 is 23.8 Å². The van der Waals surface area contributed by atoms with Gasteiger partial charge in [-0.25, -0.2) is 0 Å². The fourth-order valence-electron chi connectivity index (χ4n) is 1.86. The summed E-state index contributed by atoms with van der Waals surface area (Å²) < 4.78 is 38.3. The van der Waals surface area contributed by atoms with Gasteiger partial charge in [0.15, 0.2) is 0 Å². The van der Waals surface area contributed by atoms with Crippen LogP contribution in [0.2, 0.25) is 0 Å². The third-order valence-corrected chi connectivity index (χ3v) is 2.54. The van der Waals surface area contributed by atoms with E-state index in [1.165, 1.54) is 25.1 Å². The van der Waals surface area contributed by atoms with Gasteiger partial charge in [0.2, 0.25) is 0 Å². The van der Waals surface area contributed by atoms with Gasteiger partial charge in [0.05, 0.1) is 5.57 Å². The zero-order valence-electron chi connectivity index (χ0n) is 9.58. The van der Waals surface area contributed by atoms with Gasteiger partial charge < -0.3 is 5.11 Å². The van der Waals surface area contributed by atoms with Crippen LogP contribution in [-0.2, 0) is 4.79 Å². The molecule has 1 aliphatic carbocycles. The maximum atomic E-state index is 12.8. The van der Waals surface area contributed by atoms with Crippen LogP contribution in [0.15, 0.2) is 23.3 Å². The Morgan fingerprint density at radius 1 is 1.35 bits per heavy atom. The Balaban J connectivity index is 3.13. The molecule has 0 aromatic heterocycles. The van der Waals surface area contributed by atoms with Crippen molar-refractivity contribution in [2.24, 2.45) is 0 Å². The van der Waals surface area contributed by atoms with Gasteiger partial charge in [-0.05, 0) is 32.5 Å². The standard InChI is InChI=1S/C11H14F3NO2/c1-15(2)9(10(16)17)7-5-3-4-6-8(7)11(12,13)14/h5-6,9H,3-4H2,1-2H3,(H,16,17). The lowest BCUT2D eigenvalue weighted by molar-refractivity contribution is -0.141. The molecule has 0 saturated carbocycles. The molecule has 0 spiro atoms. The highest BCUT2D eigenvalue weighted by molar-refractivity contribution is 5.79. The first kappa shape index (κ1) is 13.8. The van der Waals surface area contributed by atoms with Gasteiger partial charge in [-0.2, -0.15) is 13.2 Å². The number of likely N-dealkylation sites (N-methyl/N-ethyl adjacent to an activating group) is 1. The van der Waals surface area contributed by atoms with Gasteiger partial charge in [-0.15, -0.1) is 0 Å². The second kappa shape index (κ2) is 4.91. The SMILES string of the molecule is CN(C)C(C(=O)O)C1=CCCC=C1C(F)(F)F. The van der Waals surface area contributed by atoms with E-state index in [0.717, 1.165) is 6.08 Å². The van der Waals surface area contributed by atoms with E-state index >= 15 is 0 Å². The number of carbonyl (C=O) groups is 1. The molecule has 96 valence electrons. The van der Waals surface area contributed by atoms with E-state index in [1.807, 2.05) is 0 Å². The van der Waals surface area contributed by atoms with Crippen molar-refractivity contribution >= 4 is 5.97 Å². The predicted molar refractivity (Wildman–Crippen MR) is 56.6 cm³/mol. The van der Waals surface area contributed by atoms with E-state index in [-0.39, 0.29) is 12.0 Å². The van der Waals surface area contributed by atoms with Crippen molar-refractivity contribution in [3.8, 4) is 0 Å². The van der Waals surface area contributed by atoms with E-state index in [0.29, 0.717) is 6.42 Å². The minimum atomic E-state index is -4.50. The maximum absolute atomic E-state index is 12.8. The number of aliphatic carboxylic acids is 1. The van der Waals surface area contributed by atoms with Crippen molar-refractivity contribution in [2.75, 3.05) is 14.1 Å². The number of hydrogen-bond donors (Lipinski definition) is 1. The monoisotopic (exact) mass is 249 g/mol. The summed E-state index contributed by atoms with van der Waals surface area (Å²) in [6.45, 7) is 0. The Morgan fingerprint density at radius 3 is 2.29 bits per heavy atom. The second-order valence-electron chi connectivity index (χ2n) is 4.06. The van der Waals surface area contributed by atoms with Crippen LogP contribution in [0.3, 0.4) is 0 Å². The van der Waals surface area contributed by atoms with Crippen LogP contribution >= 0.6 is 0 Å². The highest BCUT2D eigenvalue weighted by atomic mass is 19.4. The average molecular weight is 249 g/mol. The Labute approximate surface area is 97.2 Å². The van der Waals surface area contributed by atoms with Crippen LogP contribution in [0.5, 0.6) is 0 Å². The fraction of sp³-hybridized carbons (Fsp3) is 0.545. The minimum absolute atomic E-state index is 0.166. The third kappa shape index (κ3) is 3.09. The Morgan fingerprint density at radius 2 is 1.88 bits per heavy atom. The molecular formula is C11H14F3NO2. The molecule has 1 aliphatic rings. The molecule has 0 bridgehead atoms. The first-order valence-corrected chi connectivity index (χ1v) is 5.12. The Bertz CT molecular complexity index is 369. The fourth-order valence-corrected chi connectivity index (χ4v) is 1.86. The quantitative estimate of drug-likeness (QED) is 0.833. The molecule has 1 rings (SSSR count). The molecule has 0 radical (unpaired) electrons. The summed E-state index contributed by atoms with van der Waals surface area (Å²) in [5, 5.41) is 9.00. The number of allylic oxidation sites excluding steroid dienone is 2.